The molecule has 0 bridgehead atoms. The molecule has 0 amide bonds. The number of ether oxygens (including phenoxy) is 1. The summed E-state index contributed by atoms with van der Waals surface area (Å²) in [7, 11) is 0. The van der Waals surface area contributed by atoms with E-state index < -0.39 is 0 Å². The molecule has 0 N–H and O–H groups in total. The second kappa shape index (κ2) is 27.4. The maximum absolute atomic E-state index is 7.50. The fourth-order valence-corrected chi connectivity index (χ4v) is 6.02. The Morgan fingerprint density at radius 3 is 1.82 bits per heavy atom. The Kier molecular flexibility index (Phi) is 28.3. The third-order valence-corrected chi connectivity index (χ3v) is 8.16. The molecule has 0 spiro atoms. The van der Waals surface area contributed by atoms with Crippen LogP contribution >= 0.6 is 0 Å². The molecule has 45 heavy (non-hydrogen) atoms. The van der Waals surface area contributed by atoms with E-state index in [1.807, 2.05) is 0 Å². The molecule has 0 aromatic heterocycles. The van der Waals surface area contributed by atoms with Crippen LogP contribution in [0, 0.1) is 51.0 Å². The number of benzene rings is 2. The Bertz CT molecular complexity index is 1180. The van der Waals surface area contributed by atoms with E-state index in [4.69, 9.17) is 28.0 Å². The molecule has 1 aliphatic heterocycles. The fraction of sp³-hybridized carbons (Fsp3) is 0.432. The van der Waals surface area contributed by atoms with Crippen molar-refractivity contribution in [1.82, 2.24) is 4.90 Å². The summed E-state index contributed by atoms with van der Waals surface area (Å²) < 4.78 is 44.4. The Labute approximate surface area is 284 Å². The van der Waals surface area contributed by atoms with Crippen LogP contribution in [-0.2, 0) is 54.5 Å². The van der Waals surface area contributed by atoms with Crippen LogP contribution in [0.5, 0.6) is 0 Å². The molecule has 1 aliphatic carbocycles. The molecular formula is C37H43NO6W. The summed E-state index contributed by atoms with van der Waals surface area (Å²) in [6, 6.07) is 21.9. The minimum absolute atomic E-state index is 0. The van der Waals surface area contributed by atoms with E-state index in [0.717, 1.165) is 25.3 Å². The van der Waals surface area contributed by atoms with Gasteiger partial charge in [-0.25, -0.2) is 0 Å². The minimum Gasteiger partial charge on any atom is 0 e. The number of rotatable bonds is 8. The van der Waals surface area contributed by atoms with Crippen molar-refractivity contribution in [3.8, 4) is 0 Å². The van der Waals surface area contributed by atoms with E-state index in [-0.39, 0.29) is 32.6 Å². The maximum atomic E-state index is 7.50. The van der Waals surface area contributed by atoms with Crippen molar-refractivity contribution in [3.05, 3.63) is 123 Å². The normalized spacial score (nSPS) is 19.6. The molecule has 0 radical (unpaired) electrons. The minimum atomic E-state index is 0. The van der Waals surface area contributed by atoms with Gasteiger partial charge in [0.05, 0.1) is 18.4 Å². The van der Waals surface area contributed by atoms with Crippen LogP contribution in [0.3, 0.4) is 0 Å². The van der Waals surface area contributed by atoms with Gasteiger partial charge in [0, 0.05) is 39.7 Å². The van der Waals surface area contributed by atoms with Crippen molar-refractivity contribution >= 4 is 5.70 Å². The molecule has 238 valence electrons. The van der Waals surface area contributed by atoms with E-state index in [9.17, 15) is 0 Å². The van der Waals surface area contributed by atoms with E-state index in [0.29, 0.717) is 18.4 Å². The molecular weight excluding hydrogens is 738 g/mol. The van der Waals surface area contributed by atoms with Crippen LogP contribution in [0.1, 0.15) is 71.4 Å². The topological polar surface area (TPSA) is 112 Å². The SMILES string of the molecule is CCCN1C=C[C@@H](C)C(CO[C@@H]2C[C@H](C)CC[C@H]2C(C)(C)c2ccccc2)=C1c1ccccc1.[C-]#[O+].[C-]#[O+].[C-]#[O+].[C-]#[O+].[C-]#[O+].[W]. The second-order valence-corrected chi connectivity index (χ2v) is 11.0. The number of allylic oxidation sites excluding steroid dienone is 1. The van der Waals surface area contributed by atoms with E-state index in [1.165, 1.54) is 35.2 Å². The average Bonchev–Trinajstić information content (AvgIpc) is 3.10. The van der Waals surface area contributed by atoms with Gasteiger partial charge in [-0.3, -0.25) is 0 Å². The van der Waals surface area contributed by atoms with E-state index in [1.54, 1.807) is 0 Å². The monoisotopic (exact) mass is 781 g/mol. The molecule has 4 atom stereocenters. The van der Waals surface area contributed by atoms with Crippen LogP contribution < -0.4 is 0 Å². The van der Waals surface area contributed by atoms with Gasteiger partial charge in [-0.1, -0.05) is 108 Å². The third kappa shape index (κ3) is 13.9. The van der Waals surface area contributed by atoms with Gasteiger partial charge in [0.15, 0.2) is 0 Å². The largest absolute Gasteiger partial charge is 0 e. The summed E-state index contributed by atoms with van der Waals surface area (Å²) in [6.45, 7) is 36.0. The third-order valence-electron chi connectivity index (χ3n) is 8.16. The van der Waals surface area contributed by atoms with Gasteiger partial charge in [-0.2, -0.15) is 0 Å². The Hall–Kier alpha value is -2.93. The van der Waals surface area contributed by atoms with Crippen LogP contribution in [0.4, 0.5) is 0 Å². The van der Waals surface area contributed by atoms with Crippen LogP contribution in [0.2, 0.25) is 0 Å². The number of hydrogen-bond donors (Lipinski definition) is 0. The molecule has 1 saturated carbocycles. The zero-order valence-electron chi connectivity index (χ0n) is 26.8. The zero-order valence-corrected chi connectivity index (χ0v) is 29.7. The smallest absolute Gasteiger partial charge is 0 e. The molecule has 1 heterocycles. The fourth-order valence-electron chi connectivity index (χ4n) is 6.02. The molecule has 4 rings (SSSR count). The van der Waals surface area contributed by atoms with Gasteiger partial charge in [0.2, 0.25) is 0 Å². The Morgan fingerprint density at radius 1 is 0.800 bits per heavy atom. The molecule has 2 aliphatic rings. The van der Waals surface area contributed by atoms with Crippen molar-refractivity contribution in [2.45, 2.75) is 71.8 Å². The van der Waals surface area contributed by atoms with Crippen LogP contribution in [-0.4, -0.2) is 24.2 Å². The standard InChI is InChI=1S/C32H43NO.5CO.W/c1-6-20-33-21-19-25(3)28(31(33)26-13-9-7-10-14-26)23-34-30-22-24(2)17-18-29(30)32(4,5)27-15-11-8-12-16-27;5*1-2;/h7-16,19,21,24-25,29-30H,6,17-18,20,22-23H2,1-5H3;;;;;;/t24-,25-,29-,30-;;;;;;/m1....../s1. The molecule has 1 fully saturated rings. The molecule has 0 unspecified atom stereocenters. The summed E-state index contributed by atoms with van der Waals surface area (Å²) in [5, 5.41) is 0. The first-order valence-electron chi connectivity index (χ1n) is 14.3. The van der Waals surface area contributed by atoms with Crippen LogP contribution in [0.25, 0.3) is 5.70 Å². The van der Waals surface area contributed by atoms with Gasteiger partial charge in [-0.05, 0) is 53.2 Å². The Morgan fingerprint density at radius 2 is 1.31 bits per heavy atom. The average molecular weight is 782 g/mol. The predicted octanol–water partition coefficient (Wildman–Crippen LogP) is 7.88. The summed E-state index contributed by atoms with van der Waals surface area (Å²) in [5.41, 5.74) is 5.57. The van der Waals surface area contributed by atoms with Crippen molar-refractivity contribution in [2.75, 3.05) is 13.2 Å². The quantitative estimate of drug-likeness (QED) is 0.201. The van der Waals surface area contributed by atoms with Crippen molar-refractivity contribution in [1.29, 1.82) is 0 Å². The van der Waals surface area contributed by atoms with E-state index in [2.05, 4.69) is 146 Å². The van der Waals surface area contributed by atoms with Crippen molar-refractivity contribution in [3.63, 3.8) is 0 Å². The summed E-state index contributed by atoms with van der Waals surface area (Å²) in [6.07, 6.45) is 9.70. The van der Waals surface area contributed by atoms with Crippen LogP contribution in [0.15, 0.2) is 78.5 Å². The summed E-state index contributed by atoms with van der Waals surface area (Å²) in [4.78, 5) is 2.43. The molecule has 0 saturated heterocycles. The van der Waals surface area contributed by atoms with Gasteiger partial charge >= 0.3 is 56.5 Å². The van der Waals surface area contributed by atoms with Gasteiger partial charge in [0.1, 0.15) is 0 Å². The molecule has 2 aromatic rings. The van der Waals surface area contributed by atoms with Gasteiger partial charge in [-0.15, -0.1) is 0 Å². The first kappa shape index (κ1) is 46.5. The maximum Gasteiger partial charge on any atom is 0 e. The second-order valence-electron chi connectivity index (χ2n) is 11.0. The number of hydrogen-bond acceptors (Lipinski definition) is 2. The number of nitrogens with zero attached hydrogens (tertiary/aromatic N) is 1. The van der Waals surface area contributed by atoms with Crippen molar-refractivity contribution in [2.24, 2.45) is 17.8 Å². The molecule has 7 nitrogen and oxygen atoms in total. The first-order valence-corrected chi connectivity index (χ1v) is 14.3. The van der Waals surface area contributed by atoms with Gasteiger partial charge < -0.3 is 9.64 Å². The summed E-state index contributed by atoms with van der Waals surface area (Å²) >= 11 is 0. The zero-order chi connectivity index (χ0) is 34.1. The van der Waals surface area contributed by atoms with Crippen molar-refractivity contribution < 1.29 is 49.1 Å². The first-order chi connectivity index (χ1) is 21.4. The molecule has 8 heteroatoms. The van der Waals surface area contributed by atoms with Gasteiger partial charge in [0.25, 0.3) is 0 Å². The molecule has 2 aromatic carbocycles. The summed E-state index contributed by atoms with van der Waals surface area (Å²) in [5.74, 6) is 1.62. The Balaban J connectivity index is -0.00000146. The predicted molar refractivity (Wildman–Crippen MR) is 164 cm³/mol. The van der Waals surface area contributed by atoms with E-state index >= 15 is 0 Å².